The van der Waals surface area contributed by atoms with E-state index < -0.39 is 0 Å². The molecule has 0 atom stereocenters. The minimum absolute atomic E-state index is 0.136. The second kappa shape index (κ2) is 7.06. The Kier molecular flexibility index (Phi) is 4.46. The number of nitrogens with one attached hydrogen (secondary N) is 2. The number of carbonyl (C=O) groups excluding carboxylic acids is 1. The van der Waals surface area contributed by atoms with Crippen molar-refractivity contribution in [2.45, 2.75) is 32.1 Å². The van der Waals surface area contributed by atoms with Crippen LogP contribution in [-0.2, 0) is 0 Å². The number of aromatic amines is 1. The van der Waals surface area contributed by atoms with Gasteiger partial charge in [0, 0.05) is 22.4 Å². The average Bonchev–Trinajstić information content (AvgIpc) is 3.24. The van der Waals surface area contributed by atoms with Gasteiger partial charge >= 0.3 is 0 Å². The molecule has 0 saturated heterocycles. The molecule has 0 unspecified atom stereocenters. The second-order valence-electron chi connectivity index (χ2n) is 6.17. The van der Waals surface area contributed by atoms with Crippen LogP contribution >= 0.6 is 11.3 Å². The first-order chi connectivity index (χ1) is 12.7. The van der Waals surface area contributed by atoms with Crippen molar-refractivity contribution in [1.82, 2.24) is 25.6 Å². The van der Waals surface area contributed by atoms with Crippen LogP contribution in [-0.4, -0.2) is 31.5 Å². The molecule has 2 aromatic heterocycles. The number of H-pyrrole nitrogens is 1. The summed E-state index contributed by atoms with van der Waals surface area (Å²) in [6.07, 6.45) is 3.75. The highest BCUT2D eigenvalue weighted by molar-refractivity contribution is 7.10. The van der Waals surface area contributed by atoms with E-state index in [0.717, 1.165) is 21.8 Å². The Hall–Kier alpha value is -3.05. The number of carbonyl (C=O) groups is 1. The lowest BCUT2D eigenvalue weighted by atomic mass is 9.83. The predicted molar refractivity (Wildman–Crippen MR) is 98.0 cm³/mol. The number of nitrogens with zero attached hydrogens (tertiary/aromatic N) is 4. The van der Waals surface area contributed by atoms with E-state index in [-0.39, 0.29) is 11.9 Å². The van der Waals surface area contributed by atoms with Gasteiger partial charge in [0.25, 0.3) is 11.9 Å². The Morgan fingerprint density at radius 2 is 2.23 bits per heavy atom. The molecule has 1 aliphatic carbocycles. The number of amides is 1. The summed E-state index contributed by atoms with van der Waals surface area (Å²) in [7, 11) is 0. The summed E-state index contributed by atoms with van der Waals surface area (Å²) in [6.45, 7) is 1.87. The number of anilines is 1. The fourth-order valence-electron chi connectivity index (χ4n) is 2.69. The van der Waals surface area contributed by atoms with Crippen LogP contribution in [0.3, 0.4) is 0 Å². The zero-order valence-corrected chi connectivity index (χ0v) is 14.9. The number of aromatic nitrogens is 5. The average molecular weight is 364 g/mol. The van der Waals surface area contributed by atoms with Crippen LogP contribution in [0.15, 0.2) is 23.6 Å². The van der Waals surface area contributed by atoms with Crippen LogP contribution in [0.25, 0.3) is 0 Å². The number of hydrogen-bond acceptors (Lipinski definition) is 6. The summed E-state index contributed by atoms with van der Waals surface area (Å²) in [5.74, 6) is 6.65. The number of thiazole rings is 1. The summed E-state index contributed by atoms with van der Waals surface area (Å²) in [4.78, 5) is 17.0. The smallest absolute Gasteiger partial charge is 0.270 e. The van der Waals surface area contributed by atoms with Crippen molar-refractivity contribution < 1.29 is 4.79 Å². The number of hydrogen-bond donors (Lipinski definition) is 2. The van der Waals surface area contributed by atoms with E-state index in [9.17, 15) is 4.79 Å². The Morgan fingerprint density at radius 3 is 2.96 bits per heavy atom. The standard InChI is InChI=1S/C18H16N6OS/c1-11-5-6-12(9-14(11)17(25)20-18-21-23-24-22-18)7-8-16-19-15(10-26-16)13-3-2-4-13/h5-6,9-10,13H,2-4H2,1H3,(H2,20,21,22,23,24,25). The number of rotatable bonds is 3. The lowest BCUT2D eigenvalue weighted by Crippen LogP contribution is -2.14. The highest BCUT2D eigenvalue weighted by Gasteiger charge is 2.21. The summed E-state index contributed by atoms with van der Waals surface area (Å²) in [5.41, 5.74) is 3.29. The van der Waals surface area contributed by atoms with Gasteiger partial charge in [0.1, 0.15) is 0 Å². The van der Waals surface area contributed by atoms with E-state index in [2.05, 4.69) is 48.1 Å². The van der Waals surface area contributed by atoms with Crippen molar-refractivity contribution in [3.05, 3.63) is 51.0 Å². The Balaban J connectivity index is 1.52. The fourth-order valence-corrected chi connectivity index (χ4v) is 3.43. The van der Waals surface area contributed by atoms with Crippen LogP contribution in [0.1, 0.15) is 57.4 Å². The third kappa shape index (κ3) is 3.48. The van der Waals surface area contributed by atoms with Crippen molar-refractivity contribution in [1.29, 1.82) is 0 Å². The molecule has 4 rings (SSSR count). The number of aryl methyl sites for hydroxylation is 1. The fraction of sp³-hybridized carbons (Fsp3) is 0.278. The maximum atomic E-state index is 12.4. The Labute approximate surface area is 154 Å². The van der Waals surface area contributed by atoms with Crippen molar-refractivity contribution in [3.8, 4) is 11.8 Å². The van der Waals surface area contributed by atoms with Gasteiger partial charge < -0.3 is 0 Å². The molecule has 8 heteroatoms. The van der Waals surface area contributed by atoms with E-state index >= 15 is 0 Å². The third-order valence-corrected chi connectivity index (χ3v) is 5.19. The Bertz CT molecular complexity index is 994. The van der Waals surface area contributed by atoms with Crippen LogP contribution in [0.4, 0.5) is 5.95 Å². The predicted octanol–water partition coefficient (Wildman–Crippen LogP) is 2.88. The van der Waals surface area contributed by atoms with Gasteiger partial charge in [-0.2, -0.15) is 5.21 Å². The van der Waals surface area contributed by atoms with E-state index in [4.69, 9.17) is 0 Å². The quantitative estimate of drug-likeness (QED) is 0.697. The molecule has 26 heavy (non-hydrogen) atoms. The summed E-state index contributed by atoms with van der Waals surface area (Å²) in [5, 5.41) is 18.7. The number of tetrazole rings is 1. The molecule has 1 amide bonds. The van der Waals surface area contributed by atoms with E-state index in [1.54, 1.807) is 17.4 Å². The van der Waals surface area contributed by atoms with Crippen LogP contribution in [0.5, 0.6) is 0 Å². The molecular formula is C18H16N6OS. The third-order valence-electron chi connectivity index (χ3n) is 4.41. The Morgan fingerprint density at radius 1 is 1.35 bits per heavy atom. The number of benzene rings is 1. The lowest BCUT2D eigenvalue weighted by molar-refractivity contribution is 0.102. The van der Waals surface area contributed by atoms with Gasteiger partial charge in [0.15, 0.2) is 5.01 Å². The zero-order chi connectivity index (χ0) is 17.9. The molecule has 1 saturated carbocycles. The van der Waals surface area contributed by atoms with E-state index in [1.165, 1.54) is 19.3 Å². The minimum Gasteiger partial charge on any atom is -0.288 e. The van der Waals surface area contributed by atoms with Crippen molar-refractivity contribution >= 4 is 23.2 Å². The van der Waals surface area contributed by atoms with Gasteiger partial charge in [0.05, 0.1) is 5.69 Å². The molecule has 2 heterocycles. The van der Waals surface area contributed by atoms with Crippen molar-refractivity contribution in [2.75, 3.05) is 5.32 Å². The monoisotopic (exact) mass is 364 g/mol. The van der Waals surface area contributed by atoms with Crippen LogP contribution in [0.2, 0.25) is 0 Å². The SMILES string of the molecule is Cc1ccc(C#Cc2nc(C3CCC3)cs2)cc1C(=O)Nc1nn[nH]n1. The molecule has 1 aromatic carbocycles. The molecular weight excluding hydrogens is 348 g/mol. The molecule has 130 valence electrons. The highest BCUT2D eigenvalue weighted by atomic mass is 32.1. The molecule has 3 aromatic rings. The van der Waals surface area contributed by atoms with Gasteiger partial charge in [-0.25, -0.2) is 4.98 Å². The molecule has 0 spiro atoms. The highest BCUT2D eigenvalue weighted by Crippen LogP contribution is 2.36. The zero-order valence-electron chi connectivity index (χ0n) is 14.1. The first-order valence-electron chi connectivity index (χ1n) is 8.32. The van der Waals surface area contributed by atoms with Gasteiger partial charge in [-0.3, -0.25) is 10.1 Å². The summed E-state index contributed by atoms with van der Waals surface area (Å²) >= 11 is 1.57. The summed E-state index contributed by atoms with van der Waals surface area (Å²) < 4.78 is 0. The largest absolute Gasteiger partial charge is 0.288 e. The van der Waals surface area contributed by atoms with Crippen molar-refractivity contribution in [2.24, 2.45) is 0 Å². The first kappa shape index (κ1) is 16.4. The van der Waals surface area contributed by atoms with Gasteiger partial charge in [-0.1, -0.05) is 23.5 Å². The normalized spacial score (nSPS) is 13.6. The second-order valence-corrected chi connectivity index (χ2v) is 7.03. The summed E-state index contributed by atoms with van der Waals surface area (Å²) in [6, 6.07) is 5.53. The molecule has 7 nitrogen and oxygen atoms in total. The lowest BCUT2D eigenvalue weighted by Gasteiger charge is -2.22. The molecule has 0 aliphatic heterocycles. The van der Waals surface area contributed by atoms with Gasteiger partial charge in [-0.05, 0) is 48.6 Å². The minimum atomic E-state index is -0.297. The topological polar surface area (TPSA) is 96.5 Å². The maximum Gasteiger partial charge on any atom is 0.270 e. The van der Waals surface area contributed by atoms with Crippen LogP contribution < -0.4 is 5.32 Å². The van der Waals surface area contributed by atoms with E-state index in [0.29, 0.717) is 11.5 Å². The molecule has 2 N–H and O–H groups in total. The van der Waals surface area contributed by atoms with Crippen molar-refractivity contribution in [3.63, 3.8) is 0 Å². The first-order valence-corrected chi connectivity index (χ1v) is 9.20. The van der Waals surface area contributed by atoms with Crippen LogP contribution in [0, 0.1) is 18.8 Å². The van der Waals surface area contributed by atoms with E-state index in [1.807, 2.05) is 19.1 Å². The molecule has 0 radical (unpaired) electrons. The van der Waals surface area contributed by atoms with Gasteiger partial charge in [-0.15, -0.1) is 16.4 Å². The molecule has 1 fully saturated rings. The maximum absolute atomic E-state index is 12.4. The molecule has 0 bridgehead atoms. The molecule has 1 aliphatic rings. The van der Waals surface area contributed by atoms with Gasteiger partial charge in [0.2, 0.25) is 0 Å².